The van der Waals surface area contributed by atoms with Crippen molar-refractivity contribution in [3.05, 3.63) is 35.7 Å². The molecule has 0 spiro atoms. The predicted molar refractivity (Wildman–Crippen MR) is 97.1 cm³/mol. The number of piperidine rings is 1. The zero-order valence-electron chi connectivity index (χ0n) is 15.1. The summed E-state index contributed by atoms with van der Waals surface area (Å²) < 4.78 is 5.85. The van der Waals surface area contributed by atoms with Crippen molar-refractivity contribution in [3.63, 3.8) is 0 Å². The first-order chi connectivity index (χ1) is 12.2. The number of nitrogens with one attached hydrogen (secondary N) is 1. The third kappa shape index (κ3) is 4.87. The molecule has 1 aromatic carbocycles. The summed E-state index contributed by atoms with van der Waals surface area (Å²) in [6.45, 7) is 8.25. The predicted octanol–water partition coefficient (Wildman–Crippen LogP) is 2.40. The van der Waals surface area contributed by atoms with Crippen LogP contribution in [0.4, 0.5) is 0 Å². The van der Waals surface area contributed by atoms with E-state index in [1.165, 1.54) is 5.56 Å². The highest BCUT2D eigenvalue weighted by Crippen LogP contribution is 2.22. The third-order valence-corrected chi connectivity index (χ3v) is 4.91. The standard InChI is InChI=1S/C19H28N4O2/c1-14-4-3-5-17(12-14)19-22-21-18(25-19)15(2)20-13-16-6-8-23(9-7-16)10-11-24/h3-5,12,15-16,20,24H,6-11,13H2,1-2H3/t15-/m0/s1. The highest BCUT2D eigenvalue weighted by molar-refractivity contribution is 5.53. The average molecular weight is 344 g/mol. The van der Waals surface area contributed by atoms with Gasteiger partial charge >= 0.3 is 0 Å². The molecule has 25 heavy (non-hydrogen) atoms. The number of aromatic nitrogens is 2. The van der Waals surface area contributed by atoms with E-state index in [-0.39, 0.29) is 12.6 Å². The molecule has 0 saturated carbocycles. The molecule has 6 nitrogen and oxygen atoms in total. The fourth-order valence-corrected chi connectivity index (χ4v) is 3.29. The number of hydrogen-bond acceptors (Lipinski definition) is 6. The van der Waals surface area contributed by atoms with Crippen molar-refractivity contribution in [2.45, 2.75) is 32.7 Å². The van der Waals surface area contributed by atoms with E-state index in [0.29, 0.717) is 17.7 Å². The topological polar surface area (TPSA) is 74.4 Å². The van der Waals surface area contributed by atoms with Gasteiger partial charge in [0.2, 0.25) is 11.8 Å². The van der Waals surface area contributed by atoms with Crippen molar-refractivity contribution in [2.75, 3.05) is 32.8 Å². The summed E-state index contributed by atoms with van der Waals surface area (Å²) >= 11 is 0. The van der Waals surface area contributed by atoms with E-state index in [9.17, 15) is 0 Å². The summed E-state index contributed by atoms with van der Waals surface area (Å²) in [7, 11) is 0. The molecule has 3 rings (SSSR count). The summed E-state index contributed by atoms with van der Waals surface area (Å²) in [6.07, 6.45) is 2.33. The molecule has 2 N–H and O–H groups in total. The van der Waals surface area contributed by atoms with Gasteiger partial charge in [-0.2, -0.15) is 0 Å². The largest absolute Gasteiger partial charge is 0.419 e. The molecule has 0 amide bonds. The van der Waals surface area contributed by atoms with Gasteiger partial charge in [-0.05, 0) is 64.4 Å². The number of likely N-dealkylation sites (tertiary alicyclic amines) is 1. The van der Waals surface area contributed by atoms with Crippen molar-refractivity contribution in [1.82, 2.24) is 20.4 Å². The van der Waals surface area contributed by atoms with Crippen LogP contribution in [0.25, 0.3) is 11.5 Å². The fraction of sp³-hybridized carbons (Fsp3) is 0.579. The third-order valence-electron chi connectivity index (χ3n) is 4.91. The molecular formula is C19H28N4O2. The van der Waals surface area contributed by atoms with Crippen molar-refractivity contribution >= 4 is 0 Å². The first-order valence-electron chi connectivity index (χ1n) is 9.12. The Morgan fingerprint density at radius 2 is 2.12 bits per heavy atom. The number of aliphatic hydroxyl groups is 1. The Morgan fingerprint density at radius 1 is 1.32 bits per heavy atom. The van der Waals surface area contributed by atoms with Gasteiger partial charge in [-0.25, -0.2) is 0 Å². The normalized spacial score (nSPS) is 17.7. The van der Waals surface area contributed by atoms with Crippen LogP contribution < -0.4 is 5.32 Å². The van der Waals surface area contributed by atoms with Crippen LogP contribution >= 0.6 is 0 Å². The molecule has 1 aromatic heterocycles. The van der Waals surface area contributed by atoms with Gasteiger partial charge in [0, 0.05) is 12.1 Å². The molecule has 1 atom stereocenters. The molecule has 0 bridgehead atoms. The molecule has 1 aliphatic heterocycles. The summed E-state index contributed by atoms with van der Waals surface area (Å²) in [5.41, 5.74) is 2.14. The van der Waals surface area contributed by atoms with Gasteiger partial charge in [-0.1, -0.05) is 17.7 Å². The minimum atomic E-state index is 0.0431. The van der Waals surface area contributed by atoms with Crippen LogP contribution in [-0.4, -0.2) is 53.0 Å². The molecule has 2 aromatic rings. The molecule has 1 saturated heterocycles. The Bertz CT molecular complexity index is 665. The first-order valence-corrected chi connectivity index (χ1v) is 9.12. The van der Waals surface area contributed by atoms with Crippen LogP contribution in [0.5, 0.6) is 0 Å². The molecule has 0 unspecified atom stereocenters. The van der Waals surface area contributed by atoms with Crippen LogP contribution in [0.15, 0.2) is 28.7 Å². The van der Waals surface area contributed by atoms with E-state index in [2.05, 4.69) is 46.4 Å². The fourth-order valence-electron chi connectivity index (χ4n) is 3.29. The van der Waals surface area contributed by atoms with Crippen molar-refractivity contribution in [1.29, 1.82) is 0 Å². The lowest BCUT2D eigenvalue weighted by molar-refractivity contribution is 0.145. The number of aryl methyl sites for hydroxylation is 1. The van der Waals surface area contributed by atoms with Gasteiger partial charge in [0.05, 0.1) is 12.6 Å². The maximum absolute atomic E-state index is 9.01. The lowest BCUT2D eigenvalue weighted by Gasteiger charge is -2.31. The SMILES string of the molecule is Cc1cccc(-c2nnc([C@H](C)NCC3CCN(CCO)CC3)o2)c1. The van der Waals surface area contributed by atoms with Crippen LogP contribution in [0, 0.1) is 12.8 Å². The number of rotatable bonds is 7. The van der Waals surface area contributed by atoms with E-state index in [4.69, 9.17) is 9.52 Å². The average Bonchev–Trinajstić information content (AvgIpc) is 3.11. The minimum Gasteiger partial charge on any atom is -0.419 e. The van der Waals surface area contributed by atoms with E-state index >= 15 is 0 Å². The van der Waals surface area contributed by atoms with Gasteiger partial charge < -0.3 is 19.7 Å². The number of β-amino-alcohol motifs (C(OH)–C–C–N with tert-alkyl or cyclic N) is 1. The van der Waals surface area contributed by atoms with Crippen LogP contribution in [0.2, 0.25) is 0 Å². The zero-order valence-corrected chi connectivity index (χ0v) is 15.1. The van der Waals surface area contributed by atoms with E-state index < -0.39 is 0 Å². The quantitative estimate of drug-likeness (QED) is 0.803. The van der Waals surface area contributed by atoms with Gasteiger partial charge in [0.1, 0.15) is 0 Å². The van der Waals surface area contributed by atoms with Crippen molar-refractivity contribution in [2.24, 2.45) is 5.92 Å². The molecule has 2 heterocycles. The molecular weight excluding hydrogens is 316 g/mol. The minimum absolute atomic E-state index is 0.0431. The lowest BCUT2D eigenvalue weighted by Crippen LogP contribution is -2.39. The van der Waals surface area contributed by atoms with Crippen LogP contribution in [-0.2, 0) is 0 Å². The Balaban J connectivity index is 1.50. The molecule has 1 fully saturated rings. The van der Waals surface area contributed by atoms with Gasteiger partial charge in [0.15, 0.2) is 0 Å². The van der Waals surface area contributed by atoms with Gasteiger partial charge in [0.25, 0.3) is 0 Å². The Labute approximate surface area is 149 Å². The van der Waals surface area contributed by atoms with Gasteiger partial charge in [-0.15, -0.1) is 10.2 Å². The molecule has 6 heteroatoms. The highest BCUT2D eigenvalue weighted by Gasteiger charge is 2.21. The second kappa shape index (κ2) is 8.56. The summed E-state index contributed by atoms with van der Waals surface area (Å²) in [4.78, 5) is 2.33. The number of hydrogen-bond donors (Lipinski definition) is 2. The molecule has 136 valence electrons. The van der Waals surface area contributed by atoms with E-state index in [1.54, 1.807) is 0 Å². The molecule has 0 radical (unpaired) electrons. The Kier molecular flexibility index (Phi) is 6.18. The molecule has 0 aliphatic carbocycles. The van der Waals surface area contributed by atoms with Gasteiger partial charge in [-0.3, -0.25) is 0 Å². The van der Waals surface area contributed by atoms with E-state index in [1.807, 2.05) is 12.1 Å². The van der Waals surface area contributed by atoms with Crippen molar-refractivity contribution < 1.29 is 9.52 Å². The number of benzene rings is 1. The van der Waals surface area contributed by atoms with E-state index in [0.717, 1.165) is 44.6 Å². The Morgan fingerprint density at radius 3 is 2.84 bits per heavy atom. The summed E-state index contributed by atoms with van der Waals surface area (Å²) in [6, 6.07) is 8.13. The summed E-state index contributed by atoms with van der Waals surface area (Å²) in [5.74, 6) is 1.87. The van der Waals surface area contributed by atoms with Crippen LogP contribution in [0.1, 0.15) is 37.3 Å². The first kappa shape index (κ1) is 18.0. The summed E-state index contributed by atoms with van der Waals surface area (Å²) in [5, 5.41) is 20.9. The lowest BCUT2D eigenvalue weighted by atomic mass is 9.96. The maximum atomic E-state index is 9.01. The number of nitrogens with zero attached hydrogens (tertiary/aromatic N) is 3. The van der Waals surface area contributed by atoms with Crippen LogP contribution in [0.3, 0.4) is 0 Å². The maximum Gasteiger partial charge on any atom is 0.247 e. The zero-order chi connectivity index (χ0) is 17.6. The van der Waals surface area contributed by atoms with Crippen molar-refractivity contribution in [3.8, 4) is 11.5 Å². The second-order valence-electron chi connectivity index (χ2n) is 6.95. The number of aliphatic hydroxyl groups excluding tert-OH is 1. The second-order valence-corrected chi connectivity index (χ2v) is 6.95. The Hall–Kier alpha value is -1.76. The molecule has 1 aliphatic rings. The smallest absolute Gasteiger partial charge is 0.247 e. The highest BCUT2D eigenvalue weighted by atomic mass is 16.4. The monoisotopic (exact) mass is 344 g/mol.